The molecular formula is C23H24ClN5OS. The molecule has 31 heavy (non-hydrogen) atoms. The molecule has 3 aromatic heterocycles. The van der Waals surface area contributed by atoms with E-state index in [1.165, 1.54) is 17.3 Å². The van der Waals surface area contributed by atoms with E-state index in [2.05, 4.69) is 19.7 Å². The highest BCUT2D eigenvalue weighted by molar-refractivity contribution is 7.99. The third-order valence-corrected chi connectivity index (χ3v) is 6.59. The van der Waals surface area contributed by atoms with Crippen molar-refractivity contribution in [3.05, 3.63) is 75.3 Å². The van der Waals surface area contributed by atoms with Crippen molar-refractivity contribution in [1.29, 1.82) is 0 Å². The number of aryl methyl sites for hydroxylation is 4. The number of rotatable bonds is 7. The second-order valence-corrected chi connectivity index (χ2v) is 9.06. The van der Waals surface area contributed by atoms with E-state index < -0.39 is 0 Å². The van der Waals surface area contributed by atoms with Gasteiger partial charge in [0.15, 0.2) is 10.9 Å². The predicted molar refractivity (Wildman–Crippen MR) is 124 cm³/mol. The van der Waals surface area contributed by atoms with Gasteiger partial charge in [0.05, 0.1) is 5.75 Å². The Bertz CT molecular complexity index is 1260. The van der Waals surface area contributed by atoms with Gasteiger partial charge in [0, 0.05) is 39.9 Å². The van der Waals surface area contributed by atoms with Gasteiger partial charge in [0.1, 0.15) is 0 Å². The minimum atomic E-state index is 0.0883. The molecule has 0 aliphatic heterocycles. The Morgan fingerprint density at radius 3 is 2.52 bits per heavy atom. The fraction of sp³-hybridized carbons (Fsp3) is 0.304. The zero-order chi connectivity index (χ0) is 22.1. The van der Waals surface area contributed by atoms with E-state index in [0.717, 1.165) is 46.3 Å². The molecule has 0 saturated carbocycles. The molecule has 0 aliphatic carbocycles. The van der Waals surface area contributed by atoms with Crippen LogP contribution in [-0.2, 0) is 13.0 Å². The van der Waals surface area contributed by atoms with Gasteiger partial charge in [0.25, 0.3) is 5.78 Å². The lowest BCUT2D eigenvalue weighted by molar-refractivity contribution is 0.102. The maximum atomic E-state index is 13.0. The molecule has 0 saturated heterocycles. The third-order valence-electron chi connectivity index (χ3n) is 5.41. The van der Waals surface area contributed by atoms with Gasteiger partial charge in [-0.25, -0.2) is 4.98 Å². The molecule has 0 aliphatic rings. The van der Waals surface area contributed by atoms with Gasteiger partial charge < -0.3 is 4.57 Å². The van der Waals surface area contributed by atoms with Crippen molar-refractivity contribution in [3.8, 4) is 0 Å². The average molecular weight is 454 g/mol. The van der Waals surface area contributed by atoms with Gasteiger partial charge in [-0.05, 0) is 63.9 Å². The van der Waals surface area contributed by atoms with Crippen LogP contribution in [0.15, 0.2) is 41.6 Å². The molecule has 0 radical (unpaired) electrons. The number of fused-ring (bicyclic) bond motifs is 1. The van der Waals surface area contributed by atoms with Crippen LogP contribution in [0.2, 0.25) is 5.02 Å². The van der Waals surface area contributed by atoms with Crippen molar-refractivity contribution >= 4 is 34.9 Å². The molecule has 0 atom stereocenters. The van der Waals surface area contributed by atoms with Crippen LogP contribution < -0.4 is 0 Å². The van der Waals surface area contributed by atoms with Crippen molar-refractivity contribution in [3.63, 3.8) is 0 Å². The Kier molecular flexibility index (Phi) is 6.16. The highest BCUT2D eigenvalue weighted by Gasteiger charge is 2.18. The lowest BCUT2D eigenvalue weighted by Crippen LogP contribution is -2.08. The van der Waals surface area contributed by atoms with Crippen LogP contribution in [0.4, 0.5) is 0 Å². The van der Waals surface area contributed by atoms with E-state index in [9.17, 15) is 4.79 Å². The molecule has 0 unspecified atom stereocenters. The third kappa shape index (κ3) is 4.52. The van der Waals surface area contributed by atoms with E-state index in [4.69, 9.17) is 11.6 Å². The molecule has 8 heteroatoms. The molecule has 0 spiro atoms. The Hall–Kier alpha value is -2.64. The number of benzene rings is 1. The number of thioether (sulfide) groups is 1. The van der Waals surface area contributed by atoms with Crippen molar-refractivity contribution in [2.24, 2.45) is 0 Å². The summed E-state index contributed by atoms with van der Waals surface area (Å²) in [5.41, 5.74) is 5.97. The number of aromatic nitrogens is 5. The normalized spacial score (nSPS) is 11.4. The molecule has 0 fully saturated rings. The largest absolute Gasteiger partial charge is 0.348 e. The first kappa shape index (κ1) is 21.6. The quantitative estimate of drug-likeness (QED) is 0.290. The number of halogens is 1. The van der Waals surface area contributed by atoms with Gasteiger partial charge in [-0.2, -0.15) is 0 Å². The summed E-state index contributed by atoms with van der Waals surface area (Å²) in [6.45, 7) is 8.79. The van der Waals surface area contributed by atoms with E-state index >= 15 is 0 Å². The van der Waals surface area contributed by atoms with Crippen LogP contribution in [-0.4, -0.2) is 35.7 Å². The van der Waals surface area contributed by atoms with Crippen LogP contribution in [0.5, 0.6) is 0 Å². The number of hydrogen-bond donors (Lipinski definition) is 0. The summed E-state index contributed by atoms with van der Waals surface area (Å²) in [4.78, 5) is 17.4. The molecule has 1 aromatic carbocycles. The van der Waals surface area contributed by atoms with Crippen molar-refractivity contribution in [2.45, 2.75) is 45.8 Å². The standard InChI is InChI=1S/C23H24ClN5OS/c1-14-11-16(3)29-22(25-14)26-27-23(29)31-13-21(30)20-12-15(2)28(17(20)4)10-9-18-5-7-19(24)8-6-18/h5-8,11-12H,9-10,13H2,1-4H3. The number of ketones is 1. The van der Waals surface area contributed by atoms with Crippen LogP contribution in [0, 0.1) is 27.7 Å². The van der Waals surface area contributed by atoms with Crippen LogP contribution >= 0.6 is 23.4 Å². The van der Waals surface area contributed by atoms with E-state index in [0.29, 0.717) is 16.7 Å². The van der Waals surface area contributed by atoms with Gasteiger partial charge in [-0.15, -0.1) is 10.2 Å². The fourth-order valence-corrected chi connectivity index (χ4v) is 4.82. The zero-order valence-corrected chi connectivity index (χ0v) is 19.6. The highest BCUT2D eigenvalue weighted by Crippen LogP contribution is 2.23. The summed E-state index contributed by atoms with van der Waals surface area (Å²) >= 11 is 7.37. The summed E-state index contributed by atoms with van der Waals surface area (Å²) in [5.74, 6) is 0.952. The first-order valence-corrected chi connectivity index (χ1v) is 11.5. The first-order chi connectivity index (χ1) is 14.8. The molecule has 3 heterocycles. The van der Waals surface area contributed by atoms with Gasteiger partial charge >= 0.3 is 0 Å². The van der Waals surface area contributed by atoms with Crippen LogP contribution in [0.25, 0.3) is 5.78 Å². The summed E-state index contributed by atoms with van der Waals surface area (Å²) in [7, 11) is 0. The molecule has 160 valence electrons. The zero-order valence-electron chi connectivity index (χ0n) is 18.0. The summed E-state index contributed by atoms with van der Waals surface area (Å²) in [6, 6.07) is 11.9. The SMILES string of the molecule is Cc1cc(C)n2c(SCC(=O)c3cc(C)n(CCc4ccc(Cl)cc4)c3C)nnc2n1. The monoisotopic (exact) mass is 453 g/mol. The molecule has 0 bridgehead atoms. The number of hydrogen-bond acceptors (Lipinski definition) is 5. The Morgan fingerprint density at radius 2 is 1.77 bits per heavy atom. The molecular weight excluding hydrogens is 430 g/mol. The maximum absolute atomic E-state index is 13.0. The number of carbonyl (C=O) groups excluding carboxylic acids is 1. The minimum Gasteiger partial charge on any atom is -0.348 e. The fourth-order valence-electron chi connectivity index (χ4n) is 3.82. The van der Waals surface area contributed by atoms with Crippen molar-refractivity contribution < 1.29 is 4.79 Å². The highest BCUT2D eigenvalue weighted by atomic mass is 35.5. The Labute approximate surface area is 190 Å². The van der Waals surface area contributed by atoms with E-state index in [-0.39, 0.29) is 5.78 Å². The average Bonchev–Trinajstić information content (AvgIpc) is 3.26. The van der Waals surface area contributed by atoms with Crippen molar-refractivity contribution in [1.82, 2.24) is 24.1 Å². The van der Waals surface area contributed by atoms with Gasteiger partial charge in [-0.3, -0.25) is 9.20 Å². The van der Waals surface area contributed by atoms with E-state index in [1.807, 2.05) is 68.5 Å². The van der Waals surface area contributed by atoms with Crippen molar-refractivity contribution in [2.75, 3.05) is 5.75 Å². The van der Waals surface area contributed by atoms with Gasteiger partial charge in [0.2, 0.25) is 0 Å². The molecule has 0 amide bonds. The molecule has 6 nitrogen and oxygen atoms in total. The van der Waals surface area contributed by atoms with E-state index in [1.54, 1.807) is 0 Å². The first-order valence-electron chi connectivity index (χ1n) is 10.1. The maximum Gasteiger partial charge on any atom is 0.256 e. The predicted octanol–water partition coefficient (Wildman–Crippen LogP) is 5.03. The van der Waals surface area contributed by atoms with Gasteiger partial charge in [-0.1, -0.05) is 35.5 Å². The molecule has 0 N–H and O–H groups in total. The summed E-state index contributed by atoms with van der Waals surface area (Å²) in [5, 5.41) is 9.79. The number of carbonyl (C=O) groups is 1. The van der Waals surface area contributed by atoms with Crippen LogP contribution in [0.3, 0.4) is 0 Å². The smallest absolute Gasteiger partial charge is 0.256 e. The molecule has 4 rings (SSSR count). The Balaban J connectivity index is 1.47. The second kappa shape index (κ2) is 8.85. The topological polar surface area (TPSA) is 65.1 Å². The lowest BCUT2D eigenvalue weighted by atomic mass is 10.1. The number of nitrogens with zero attached hydrogens (tertiary/aromatic N) is 5. The summed E-state index contributed by atoms with van der Waals surface area (Å²) < 4.78 is 4.09. The number of Topliss-reactive ketones (excluding diaryl/α,β-unsaturated/α-hetero) is 1. The second-order valence-electron chi connectivity index (χ2n) is 7.68. The summed E-state index contributed by atoms with van der Waals surface area (Å²) in [6.07, 6.45) is 0.882. The Morgan fingerprint density at radius 1 is 1.03 bits per heavy atom. The minimum absolute atomic E-state index is 0.0883. The molecule has 4 aromatic rings. The lowest BCUT2D eigenvalue weighted by Gasteiger charge is -2.10. The van der Waals surface area contributed by atoms with Crippen LogP contribution in [0.1, 0.15) is 38.7 Å².